The van der Waals surface area contributed by atoms with Gasteiger partial charge in [0.25, 0.3) is 0 Å². The second kappa shape index (κ2) is 4.39. The van der Waals surface area contributed by atoms with E-state index in [-0.39, 0.29) is 5.41 Å². The summed E-state index contributed by atoms with van der Waals surface area (Å²) in [5.41, 5.74) is 3.23. The Labute approximate surface area is 132 Å². The van der Waals surface area contributed by atoms with Crippen LogP contribution in [0.25, 0.3) is 6.08 Å². The van der Waals surface area contributed by atoms with Crippen molar-refractivity contribution in [2.24, 2.45) is 0 Å². The van der Waals surface area contributed by atoms with Gasteiger partial charge in [-0.2, -0.15) is 0 Å². The number of nitrogens with zero attached hydrogens (tertiary/aromatic N) is 1. The Bertz CT molecular complexity index is 766. The van der Waals surface area contributed by atoms with Gasteiger partial charge in [0.15, 0.2) is 0 Å². The van der Waals surface area contributed by atoms with Crippen LogP contribution in [0.15, 0.2) is 54.6 Å². The first-order valence-corrected chi connectivity index (χ1v) is 7.93. The van der Waals surface area contributed by atoms with Crippen LogP contribution >= 0.6 is 0 Å². The SMILES string of the molecule is CCC1(C)c2ccccc2N(C)C12C=Cc1ccccc1O2. The maximum absolute atomic E-state index is 6.62. The summed E-state index contributed by atoms with van der Waals surface area (Å²) in [5, 5.41) is 0. The molecule has 0 aliphatic carbocycles. The number of hydrogen-bond donors (Lipinski definition) is 0. The van der Waals surface area contributed by atoms with Gasteiger partial charge in [-0.3, -0.25) is 0 Å². The molecular formula is C20H21NO. The van der Waals surface area contributed by atoms with Gasteiger partial charge >= 0.3 is 0 Å². The molecule has 2 unspecified atom stereocenters. The van der Waals surface area contributed by atoms with Gasteiger partial charge in [0.2, 0.25) is 5.72 Å². The summed E-state index contributed by atoms with van der Waals surface area (Å²) in [7, 11) is 2.14. The fraction of sp³-hybridized carbons (Fsp3) is 0.300. The summed E-state index contributed by atoms with van der Waals surface area (Å²) in [6.45, 7) is 4.56. The van der Waals surface area contributed by atoms with Gasteiger partial charge in [0.1, 0.15) is 5.75 Å². The number of fused-ring (bicyclic) bond motifs is 2. The average molecular weight is 291 g/mol. The Kier molecular flexibility index (Phi) is 2.68. The van der Waals surface area contributed by atoms with E-state index in [0.29, 0.717) is 0 Å². The van der Waals surface area contributed by atoms with Crippen LogP contribution in [0.3, 0.4) is 0 Å². The van der Waals surface area contributed by atoms with E-state index in [1.54, 1.807) is 0 Å². The minimum Gasteiger partial charge on any atom is -0.463 e. The van der Waals surface area contributed by atoms with Gasteiger partial charge in [-0.05, 0) is 43.2 Å². The minimum atomic E-state index is -0.459. The van der Waals surface area contributed by atoms with Crippen LogP contribution in [0.2, 0.25) is 0 Å². The van der Waals surface area contributed by atoms with Crippen molar-refractivity contribution in [2.45, 2.75) is 31.4 Å². The van der Waals surface area contributed by atoms with Crippen LogP contribution in [-0.2, 0) is 5.41 Å². The van der Waals surface area contributed by atoms with Crippen LogP contribution in [0, 0.1) is 0 Å². The summed E-state index contributed by atoms with van der Waals surface area (Å²) >= 11 is 0. The summed E-state index contributed by atoms with van der Waals surface area (Å²) in [4.78, 5) is 2.29. The highest BCUT2D eigenvalue weighted by Crippen LogP contribution is 2.55. The van der Waals surface area contributed by atoms with Gasteiger partial charge in [-0.15, -0.1) is 0 Å². The van der Waals surface area contributed by atoms with E-state index < -0.39 is 5.72 Å². The molecule has 0 saturated heterocycles. The maximum Gasteiger partial charge on any atom is 0.212 e. The fourth-order valence-electron chi connectivity index (χ4n) is 4.01. The molecule has 0 fully saturated rings. The van der Waals surface area contributed by atoms with Crippen LogP contribution in [0.5, 0.6) is 5.75 Å². The minimum absolute atomic E-state index is 0.0810. The van der Waals surface area contributed by atoms with Gasteiger partial charge < -0.3 is 9.64 Å². The third-order valence-corrected chi connectivity index (χ3v) is 5.53. The molecule has 0 saturated carbocycles. The summed E-state index contributed by atoms with van der Waals surface area (Å²) in [6.07, 6.45) is 5.45. The van der Waals surface area contributed by atoms with Crippen molar-refractivity contribution >= 4 is 11.8 Å². The molecule has 2 aliphatic heterocycles. The van der Waals surface area contributed by atoms with E-state index >= 15 is 0 Å². The monoisotopic (exact) mass is 291 g/mol. The highest BCUT2D eigenvalue weighted by Gasteiger charge is 2.59. The molecule has 0 radical (unpaired) electrons. The molecule has 2 nitrogen and oxygen atoms in total. The number of anilines is 1. The van der Waals surface area contributed by atoms with E-state index in [1.165, 1.54) is 11.3 Å². The molecule has 112 valence electrons. The fourth-order valence-corrected chi connectivity index (χ4v) is 4.01. The number of hydrogen-bond acceptors (Lipinski definition) is 2. The van der Waals surface area contributed by atoms with Gasteiger partial charge in [0.05, 0.1) is 5.41 Å². The lowest BCUT2D eigenvalue weighted by Crippen LogP contribution is -2.59. The predicted molar refractivity (Wildman–Crippen MR) is 91.3 cm³/mol. The summed E-state index contributed by atoms with van der Waals surface area (Å²) < 4.78 is 6.62. The first-order chi connectivity index (χ1) is 10.6. The van der Waals surface area contributed by atoms with E-state index in [4.69, 9.17) is 4.74 Å². The number of para-hydroxylation sites is 2. The van der Waals surface area contributed by atoms with Crippen LogP contribution in [0.1, 0.15) is 31.4 Å². The van der Waals surface area contributed by atoms with Crippen LogP contribution in [0.4, 0.5) is 5.69 Å². The second-order valence-corrected chi connectivity index (χ2v) is 6.43. The Balaban J connectivity index is 1.93. The van der Waals surface area contributed by atoms with Gasteiger partial charge in [0, 0.05) is 18.3 Å². The van der Waals surface area contributed by atoms with E-state index in [0.717, 1.165) is 17.7 Å². The van der Waals surface area contributed by atoms with E-state index in [1.807, 2.05) is 6.07 Å². The third kappa shape index (κ3) is 1.45. The molecule has 2 atom stereocenters. The number of ether oxygens (including phenoxy) is 1. The predicted octanol–water partition coefficient (Wildman–Crippen LogP) is 4.61. The van der Waals surface area contributed by atoms with Crippen molar-refractivity contribution < 1.29 is 4.74 Å². The van der Waals surface area contributed by atoms with Crippen molar-refractivity contribution in [3.8, 4) is 5.75 Å². The molecule has 0 bridgehead atoms. The molecule has 2 aromatic carbocycles. The molecule has 0 N–H and O–H groups in total. The lowest BCUT2D eigenvalue weighted by Gasteiger charge is -2.47. The highest BCUT2D eigenvalue weighted by atomic mass is 16.5. The smallest absolute Gasteiger partial charge is 0.212 e. The molecule has 0 aromatic heterocycles. The third-order valence-electron chi connectivity index (χ3n) is 5.53. The van der Waals surface area contributed by atoms with Crippen LogP contribution < -0.4 is 9.64 Å². The molecule has 4 rings (SSSR count). The molecule has 2 heterocycles. The zero-order valence-electron chi connectivity index (χ0n) is 13.3. The lowest BCUT2D eigenvalue weighted by molar-refractivity contribution is 0.0468. The molecule has 0 amide bonds. The second-order valence-electron chi connectivity index (χ2n) is 6.43. The standard InChI is InChI=1S/C20H21NO/c1-4-19(2)16-10-6-7-11-17(16)21(3)20(19)14-13-15-9-5-8-12-18(15)22-20/h5-14H,4H2,1-3H3. The average Bonchev–Trinajstić information content (AvgIpc) is 2.75. The topological polar surface area (TPSA) is 12.5 Å². The molecule has 1 spiro atoms. The normalized spacial score (nSPS) is 28.4. The van der Waals surface area contributed by atoms with E-state index in [9.17, 15) is 0 Å². The zero-order chi connectivity index (χ0) is 15.4. The largest absolute Gasteiger partial charge is 0.463 e. The van der Waals surface area contributed by atoms with Crippen LogP contribution in [-0.4, -0.2) is 12.8 Å². The van der Waals surface area contributed by atoms with Crippen molar-refractivity contribution in [1.29, 1.82) is 0 Å². The first-order valence-electron chi connectivity index (χ1n) is 7.93. The van der Waals surface area contributed by atoms with Crippen molar-refractivity contribution in [3.63, 3.8) is 0 Å². The van der Waals surface area contributed by atoms with E-state index in [2.05, 4.69) is 80.4 Å². The quantitative estimate of drug-likeness (QED) is 0.761. The Morgan fingerprint density at radius 3 is 2.59 bits per heavy atom. The Morgan fingerprint density at radius 1 is 1.05 bits per heavy atom. The van der Waals surface area contributed by atoms with Gasteiger partial charge in [-0.1, -0.05) is 43.3 Å². The van der Waals surface area contributed by atoms with Crippen molar-refractivity contribution in [2.75, 3.05) is 11.9 Å². The molecule has 2 heteroatoms. The number of likely N-dealkylation sites (N-methyl/N-ethyl adjacent to an activating group) is 1. The summed E-state index contributed by atoms with van der Waals surface area (Å²) in [6, 6.07) is 16.9. The number of rotatable bonds is 1. The molecular weight excluding hydrogens is 270 g/mol. The zero-order valence-corrected chi connectivity index (χ0v) is 13.3. The number of benzene rings is 2. The molecule has 2 aromatic rings. The first kappa shape index (κ1) is 13.4. The lowest BCUT2D eigenvalue weighted by atomic mass is 9.72. The summed E-state index contributed by atoms with van der Waals surface area (Å²) in [5.74, 6) is 0.962. The maximum atomic E-state index is 6.62. The van der Waals surface area contributed by atoms with Crippen molar-refractivity contribution in [1.82, 2.24) is 0 Å². The Morgan fingerprint density at radius 2 is 1.77 bits per heavy atom. The van der Waals surface area contributed by atoms with Crippen molar-refractivity contribution in [3.05, 3.63) is 65.7 Å². The van der Waals surface area contributed by atoms with Gasteiger partial charge in [-0.25, -0.2) is 0 Å². The molecule has 2 aliphatic rings. The molecule has 22 heavy (non-hydrogen) atoms. The highest BCUT2D eigenvalue weighted by molar-refractivity contribution is 5.72. The Hall–Kier alpha value is -2.22.